The molecular weight excluding hydrogens is 176 g/mol. The lowest BCUT2D eigenvalue weighted by molar-refractivity contribution is -0.791. The van der Waals surface area contributed by atoms with E-state index in [0.717, 1.165) is 0 Å². The van der Waals surface area contributed by atoms with Gasteiger partial charge in [0.25, 0.3) is 0 Å². The first kappa shape index (κ1) is 11.2. The zero-order chi connectivity index (χ0) is 9.73. The van der Waals surface area contributed by atoms with Crippen LogP contribution < -0.4 is 0 Å². The van der Waals surface area contributed by atoms with Crippen molar-refractivity contribution >= 4 is 9.84 Å². The minimum Gasteiger partial charge on any atom is -0.377 e. The van der Waals surface area contributed by atoms with Crippen molar-refractivity contribution in [1.29, 1.82) is 0 Å². The molecule has 0 aromatic rings. The van der Waals surface area contributed by atoms with Crippen molar-refractivity contribution in [3.63, 3.8) is 0 Å². The second kappa shape index (κ2) is 5.13. The van der Waals surface area contributed by atoms with Crippen molar-refractivity contribution in [2.75, 3.05) is 33.2 Å². The number of unbranched alkanes of at least 4 members (excludes halogenated alkanes) is 2. The Labute approximate surface area is 85.5 Å². The molecule has 1 heterocycles. The van der Waals surface area contributed by atoms with Gasteiger partial charge in [-0.2, -0.15) is 0 Å². The van der Waals surface area contributed by atoms with Gasteiger partial charge in [-0.3, -0.25) is 4.57 Å². The van der Waals surface area contributed by atoms with Crippen LogP contribution in [0, 0.1) is 0 Å². The molecule has 0 aromatic carbocycles. The average Bonchev–Trinajstić information content (AvgIpc) is 2.50. The Kier molecular flexibility index (Phi) is 4.42. The van der Waals surface area contributed by atoms with Gasteiger partial charge < -0.3 is 4.15 Å². The van der Waals surface area contributed by atoms with Gasteiger partial charge in [-0.15, -0.1) is 0 Å². The van der Waals surface area contributed by atoms with Gasteiger partial charge in [0, 0.05) is 6.54 Å². The Morgan fingerprint density at radius 1 is 1.31 bits per heavy atom. The van der Waals surface area contributed by atoms with Gasteiger partial charge in [0.1, 0.15) is 0 Å². The van der Waals surface area contributed by atoms with Gasteiger partial charge in [0.05, 0.1) is 20.1 Å². The normalized spacial score (nSPS) is 31.6. The SMILES string of the molecule is CCCCCN1CC[N+](C)(CC)[SiH2]1. The lowest BCUT2D eigenvalue weighted by Gasteiger charge is -2.28. The summed E-state index contributed by atoms with van der Waals surface area (Å²) in [5.74, 6) is 0. The molecule has 78 valence electrons. The van der Waals surface area contributed by atoms with Crippen LogP contribution in [-0.4, -0.2) is 51.8 Å². The fourth-order valence-electron chi connectivity index (χ4n) is 2.03. The predicted octanol–water partition coefficient (Wildman–Crippen LogP) is 0.957. The van der Waals surface area contributed by atoms with Crippen molar-refractivity contribution in [2.45, 2.75) is 33.1 Å². The van der Waals surface area contributed by atoms with E-state index < -0.39 is 0 Å². The van der Waals surface area contributed by atoms with E-state index in [-0.39, 0.29) is 9.84 Å². The monoisotopic (exact) mass is 201 g/mol. The summed E-state index contributed by atoms with van der Waals surface area (Å²) in [6, 6.07) is 0. The molecule has 0 N–H and O–H groups in total. The summed E-state index contributed by atoms with van der Waals surface area (Å²) in [4.78, 5) is 0. The fraction of sp³-hybridized carbons (Fsp3) is 1.00. The number of nitrogens with zero attached hydrogens (tertiary/aromatic N) is 2. The van der Waals surface area contributed by atoms with Crippen molar-refractivity contribution < 1.29 is 4.15 Å². The van der Waals surface area contributed by atoms with E-state index in [4.69, 9.17) is 0 Å². The Hall–Kier alpha value is 0.137. The summed E-state index contributed by atoms with van der Waals surface area (Å²) in [6.45, 7) is 10.1. The largest absolute Gasteiger partial charge is 0.377 e. The van der Waals surface area contributed by atoms with Gasteiger partial charge in [-0.05, 0) is 19.9 Å². The molecule has 1 fully saturated rings. The molecule has 1 aliphatic heterocycles. The van der Waals surface area contributed by atoms with Crippen LogP contribution in [0.25, 0.3) is 0 Å². The molecule has 0 radical (unpaired) electrons. The van der Waals surface area contributed by atoms with Crippen LogP contribution in [0.4, 0.5) is 0 Å². The molecule has 2 nitrogen and oxygen atoms in total. The molecule has 3 heteroatoms. The highest BCUT2D eigenvalue weighted by molar-refractivity contribution is 6.23. The maximum Gasteiger partial charge on any atom is 0.338 e. The van der Waals surface area contributed by atoms with Crippen LogP contribution in [0.1, 0.15) is 33.1 Å². The molecular formula is C10H25N2Si+. The molecule has 0 bridgehead atoms. The number of hydrogen-bond acceptors (Lipinski definition) is 1. The second-order valence-corrected chi connectivity index (χ2v) is 7.33. The quantitative estimate of drug-likeness (QED) is 0.473. The lowest BCUT2D eigenvalue weighted by atomic mass is 10.2. The van der Waals surface area contributed by atoms with Crippen molar-refractivity contribution in [1.82, 2.24) is 4.57 Å². The van der Waals surface area contributed by atoms with E-state index in [1.807, 2.05) is 0 Å². The Bertz CT molecular complexity index is 152. The third-order valence-electron chi connectivity index (χ3n) is 3.34. The number of rotatable bonds is 5. The maximum atomic E-state index is 2.76. The van der Waals surface area contributed by atoms with Gasteiger partial charge >= 0.3 is 9.84 Å². The van der Waals surface area contributed by atoms with Gasteiger partial charge in [-0.1, -0.05) is 19.8 Å². The number of hydrogen-bond donors (Lipinski definition) is 0. The summed E-state index contributed by atoms with van der Waals surface area (Å²) in [6.07, 6.45) is 4.20. The van der Waals surface area contributed by atoms with E-state index in [1.54, 1.807) is 0 Å². The van der Waals surface area contributed by atoms with Crippen LogP contribution in [0.5, 0.6) is 0 Å². The molecule has 0 aliphatic carbocycles. The highest BCUT2D eigenvalue weighted by Crippen LogP contribution is 2.11. The van der Waals surface area contributed by atoms with Gasteiger partial charge in [0.15, 0.2) is 0 Å². The van der Waals surface area contributed by atoms with Crippen LogP contribution in [0.2, 0.25) is 0 Å². The zero-order valence-electron chi connectivity index (χ0n) is 9.55. The van der Waals surface area contributed by atoms with E-state index in [0.29, 0.717) is 0 Å². The highest BCUT2D eigenvalue weighted by atomic mass is 28.2. The molecule has 0 aromatic heterocycles. The minimum absolute atomic E-state index is 0.0176. The van der Waals surface area contributed by atoms with Crippen molar-refractivity contribution in [3.05, 3.63) is 0 Å². The topological polar surface area (TPSA) is 3.24 Å². The minimum atomic E-state index is 0.0176. The molecule has 0 spiro atoms. The Morgan fingerprint density at radius 2 is 2.08 bits per heavy atom. The van der Waals surface area contributed by atoms with Crippen LogP contribution >= 0.6 is 0 Å². The number of likely N-dealkylation sites (N-methyl/N-ethyl adjacent to an activating group) is 1. The first-order valence-corrected chi connectivity index (χ1v) is 7.02. The van der Waals surface area contributed by atoms with Crippen molar-refractivity contribution in [2.24, 2.45) is 0 Å². The van der Waals surface area contributed by atoms with E-state index in [9.17, 15) is 0 Å². The average molecular weight is 201 g/mol. The first-order chi connectivity index (χ1) is 6.20. The molecule has 1 saturated heterocycles. The van der Waals surface area contributed by atoms with Crippen LogP contribution in [0.15, 0.2) is 0 Å². The molecule has 1 atom stereocenters. The van der Waals surface area contributed by atoms with Gasteiger partial charge in [0.2, 0.25) is 0 Å². The lowest BCUT2D eigenvalue weighted by Crippen LogP contribution is -2.46. The van der Waals surface area contributed by atoms with Gasteiger partial charge in [-0.25, -0.2) is 0 Å². The maximum absolute atomic E-state index is 2.76. The predicted molar refractivity (Wildman–Crippen MR) is 61.2 cm³/mol. The smallest absolute Gasteiger partial charge is 0.338 e. The first-order valence-electron chi connectivity index (χ1n) is 5.76. The molecule has 0 saturated carbocycles. The number of quaternary nitrogens is 1. The third kappa shape index (κ3) is 3.41. The van der Waals surface area contributed by atoms with Crippen LogP contribution in [0.3, 0.4) is 0 Å². The van der Waals surface area contributed by atoms with Crippen molar-refractivity contribution in [3.8, 4) is 0 Å². The second-order valence-electron chi connectivity index (χ2n) is 4.63. The zero-order valence-corrected chi connectivity index (χ0v) is 11.0. The molecule has 0 amide bonds. The standard InChI is InChI=1S/C10H25N2Si/c1-4-6-7-8-11-9-10-12(3,5-2)13-11/h4-10,13H2,1-3H3/q+1. The summed E-state index contributed by atoms with van der Waals surface area (Å²) >= 11 is 0. The Morgan fingerprint density at radius 3 is 2.62 bits per heavy atom. The molecule has 13 heavy (non-hydrogen) atoms. The van der Waals surface area contributed by atoms with E-state index >= 15 is 0 Å². The molecule has 1 rings (SSSR count). The molecule has 1 unspecified atom stereocenters. The van der Waals surface area contributed by atoms with E-state index in [1.165, 1.54) is 49.6 Å². The fourth-order valence-corrected chi connectivity index (χ4v) is 4.13. The molecule has 1 aliphatic rings. The third-order valence-corrected chi connectivity index (χ3v) is 5.82. The highest BCUT2D eigenvalue weighted by Gasteiger charge is 2.31. The summed E-state index contributed by atoms with van der Waals surface area (Å²) in [5, 5.41) is 0. The Balaban J connectivity index is 2.17. The summed E-state index contributed by atoms with van der Waals surface area (Å²) < 4.78 is 4.16. The summed E-state index contributed by atoms with van der Waals surface area (Å²) in [7, 11) is 2.45. The van der Waals surface area contributed by atoms with Crippen LogP contribution in [-0.2, 0) is 0 Å². The summed E-state index contributed by atoms with van der Waals surface area (Å²) in [5.41, 5.74) is 0. The van der Waals surface area contributed by atoms with E-state index in [2.05, 4.69) is 25.5 Å².